The van der Waals surface area contributed by atoms with Crippen LogP contribution in [0, 0.1) is 0 Å². The summed E-state index contributed by atoms with van der Waals surface area (Å²) in [5.74, 6) is -0.302. The highest BCUT2D eigenvalue weighted by Crippen LogP contribution is 2.33. The van der Waals surface area contributed by atoms with E-state index in [1.54, 1.807) is 0 Å². The predicted molar refractivity (Wildman–Crippen MR) is 93.7 cm³/mol. The van der Waals surface area contributed by atoms with E-state index in [2.05, 4.69) is 16.2 Å². The third kappa shape index (κ3) is 5.92. The number of hydrogen-bond donors (Lipinski definition) is 3. The van der Waals surface area contributed by atoms with E-state index >= 15 is 0 Å². The molecular formula is C15H18Cl3N3O3. The number of benzene rings is 1. The van der Waals surface area contributed by atoms with Crippen LogP contribution in [0.2, 0.25) is 15.1 Å². The summed E-state index contributed by atoms with van der Waals surface area (Å²) < 4.78 is 5.26. The molecule has 9 heteroatoms. The van der Waals surface area contributed by atoms with Crippen molar-refractivity contribution in [3.05, 3.63) is 27.2 Å². The average molecular weight is 395 g/mol. The van der Waals surface area contributed by atoms with Crippen LogP contribution in [-0.2, 0) is 4.79 Å². The van der Waals surface area contributed by atoms with Gasteiger partial charge in [0.1, 0.15) is 5.75 Å². The van der Waals surface area contributed by atoms with Gasteiger partial charge in [0, 0.05) is 12.1 Å². The van der Waals surface area contributed by atoms with Gasteiger partial charge in [-0.2, -0.15) is 0 Å². The van der Waals surface area contributed by atoms with Crippen LogP contribution in [0.1, 0.15) is 32.1 Å². The first kappa shape index (κ1) is 19.0. The van der Waals surface area contributed by atoms with E-state index in [9.17, 15) is 9.59 Å². The molecule has 132 valence electrons. The van der Waals surface area contributed by atoms with Crippen molar-refractivity contribution in [2.24, 2.45) is 0 Å². The smallest absolute Gasteiger partial charge is 0.333 e. The Labute approximate surface area is 155 Å². The zero-order chi connectivity index (χ0) is 17.5. The van der Waals surface area contributed by atoms with Gasteiger partial charge in [-0.15, -0.1) is 0 Å². The molecule has 3 amide bonds. The number of halogens is 3. The first-order valence-corrected chi connectivity index (χ1v) is 8.72. The number of hydrazine groups is 1. The number of amides is 3. The highest BCUT2D eigenvalue weighted by Gasteiger charge is 2.16. The third-order valence-corrected chi connectivity index (χ3v) is 4.61. The summed E-state index contributed by atoms with van der Waals surface area (Å²) in [4.78, 5) is 23.4. The second kappa shape index (κ2) is 9.20. The number of rotatable bonds is 4. The molecule has 0 radical (unpaired) electrons. The zero-order valence-corrected chi connectivity index (χ0v) is 15.1. The molecule has 0 atom stereocenters. The molecule has 1 fully saturated rings. The molecule has 1 aliphatic carbocycles. The molecule has 3 N–H and O–H groups in total. The van der Waals surface area contributed by atoms with Crippen molar-refractivity contribution in [1.29, 1.82) is 0 Å². The van der Waals surface area contributed by atoms with E-state index in [-0.39, 0.29) is 28.4 Å². The van der Waals surface area contributed by atoms with Gasteiger partial charge >= 0.3 is 6.03 Å². The fourth-order valence-corrected chi connectivity index (χ4v) is 2.98. The molecule has 1 aliphatic rings. The predicted octanol–water partition coefficient (Wildman–Crippen LogP) is 3.69. The van der Waals surface area contributed by atoms with Gasteiger partial charge in [-0.05, 0) is 18.9 Å². The fraction of sp³-hybridized carbons (Fsp3) is 0.467. The van der Waals surface area contributed by atoms with Crippen molar-refractivity contribution in [2.45, 2.75) is 38.1 Å². The van der Waals surface area contributed by atoms with Crippen LogP contribution >= 0.6 is 34.8 Å². The molecule has 0 heterocycles. The van der Waals surface area contributed by atoms with Gasteiger partial charge in [-0.1, -0.05) is 54.1 Å². The van der Waals surface area contributed by atoms with Gasteiger partial charge < -0.3 is 10.1 Å². The van der Waals surface area contributed by atoms with Gasteiger partial charge in [0.2, 0.25) is 0 Å². The Morgan fingerprint density at radius 2 is 1.67 bits per heavy atom. The van der Waals surface area contributed by atoms with Crippen molar-refractivity contribution in [2.75, 3.05) is 6.61 Å². The lowest BCUT2D eigenvalue weighted by Gasteiger charge is -2.22. The van der Waals surface area contributed by atoms with Crippen molar-refractivity contribution in [1.82, 2.24) is 16.2 Å². The van der Waals surface area contributed by atoms with Crippen molar-refractivity contribution in [3.8, 4) is 5.75 Å². The normalized spacial score (nSPS) is 14.8. The fourth-order valence-electron chi connectivity index (χ4n) is 2.39. The van der Waals surface area contributed by atoms with Crippen molar-refractivity contribution < 1.29 is 14.3 Å². The minimum atomic E-state index is -0.532. The third-order valence-electron chi connectivity index (χ3n) is 3.59. The van der Waals surface area contributed by atoms with Crippen LogP contribution in [0.25, 0.3) is 0 Å². The summed E-state index contributed by atoms with van der Waals surface area (Å²) >= 11 is 17.6. The highest BCUT2D eigenvalue weighted by atomic mass is 35.5. The minimum absolute atomic E-state index is 0.155. The second-order valence-electron chi connectivity index (χ2n) is 5.47. The molecule has 0 saturated heterocycles. The van der Waals surface area contributed by atoms with Gasteiger partial charge in [0.15, 0.2) is 6.61 Å². The maximum atomic E-state index is 11.7. The van der Waals surface area contributed by atoms with Crippen LogP contribution in [0.4, 0.5) is 4.79 Å². The highest BCUT2D eigenvalue weighted by molar-refractivity contribution is 6.43. The lowest BCUT2D eigenvalue weighted by molar-refractivity contribution is -0.123. The van der Waals surface area contributed by atoms with Crippen LogP contribution in [0.15, 0.2) is 12.1 Å². The molecule has 1 aromatic carbocycles. The number of nitrogens with one attached hydrogen (secondary N) is 3. The van der Waals surface area contributed by atoms with E-state index in [1.807, 2.05) is 0 Å². The van der Waals surface area contributed by atoms with Crippen LogP contribution in [-0.4, -0.2) is 24.6 Å². The van der Waals surface area contributed by atoms with E-state index in [0.29, 0.717) is 5.02 Å². The molecule has 0 unspecified atom stereocenters. The summed E-state index contributed by atoms with van der Waals surface area (Å²) in [6, 6.07) is 2.56. The van der Waals surface area contributed by atoms with Crippen LogP contribution in [0.3, 0.4) is 0 Å². The minimum Gasteiger partial charge on any atom is -0.482 e. The summed E-state index contributed by atoms with van der Waals surface area (Å²) in [5.41, 5.74) is 4.55. The lowest BCUT2D eigenvalue weighted by atomic mass is 9.96. The summed E-state index contributed by atoms with van der Waals surface area (Å²) in [5, 5.41) is 3.60. The van der Waals surface area contributed by atoms with Gasteiger partial charge in [0.25, 0.3) is 5.91 Å². The van der Waals surface area contributed by atoms with Gasteiger partial charge in [-0.3, -0.25) is 10.2 Å². The Balaban J connectivity index is 1.71. The molecule has 1 saturated carbocycles. The SMILES string of the molecule is O=C(COc1cc(Cl)c(Cl)cc1Cl)NNC(=O)NC1CCCCC1. The van der Waals surface area contributed by atoms with E-state index in [1.165, 1.54) is 18.6 Å². The maximum absolute atomic E-state index is 11.7. The molecule has 0 aliphatic heterocycles. The van der Waals surface area contributed by atoms with Crippen molar-refractivity contribution >= 4 is 46.7 Å². The molecule has 1 aromatic rings. The van der Waals surface area contributed by atoms with Crippen LogP contribution in [0.5, 0.6) is 5.75 Å². The molecular weight excluding hydrogens is 377 g/mol. The molecule has 24 heavy (non-hydrogen) atoms. The largest absolute Gasteiger partial charge is 0.482 e. The summed E-state index contributed by atoms with van der Waals surface area (Å²) in [6.45, 7) is -0.332. The van der Waals surface area contributed by atoms with Gasteiger partial charge in [0.05, 0.1) is 15.1 Å². The topological polar surface area (TPSA) is 79.5 Å². The maximum Gasteiger partial charge on any atom is 0.333 e. The Kier molecular flexibility index (Phi) is 7.27. The average Bonchev–Trinajstić information content (AvgIpc) is 2.56. The summed E-state index contributed by atoms with van der Waals surface area (Å²) in [6.07, 6.45) is 5.33. The van der Waals surface area contributed by atoms with E-state index < -0.39 is 11.9 Å². The Hall–Kier alpha value is -1.37. The number of hydrogen-bond acceptors (Lipinski definition) is 3. The monoisotopic (exact) mass is 393 g/mol. The number of carbonyl (C=O) groups excluding carboxylic acids is 2. The van der Waals surface area contributed by atoms with Crippen LogP contribution < -0.4 is 20.9 Å². The Morgan fingerprint density at radius 1 is 1.00 bits per heavy atom. The molecule has 6 nitrogen and oxygen atoms in total. The lowest BCUT2D eigenvalue weighted by Crippen LogP contribution is -2.51. The molecule has 0 spiro atoms. The Morgan fingerprint density at radius 3 is 2.38 bits per heavy atom. The first-order valence-electron chi connectivity index (χ1n) is 7.58. The first-order chi connectivity index (χ1) is 11.5. The van der Waals surface area contributed by atoms with E-state index in [4.69, 9.17) is 39.5 Å². The van der Waals surface area contributed by atoms with Crippen molar-refractivity contribution in [3.63, 3.8) is 0 Å². The number of carbonyl (C=O) groups is 2. The Bertz CT molecular complexity index is 607. The molecule has 0 bridgehead atoms. The molecule has 0 aromatic heterocycles. The molecule has 2 rings (SSSR count). The number of urea groups is 1. The quantitative estimate of drug-likeness (QED) is 0.538. The standard InChI is InChI=1S/C15H18Cl3N3O3/c16-10-6-12(18)13(7-11(10)17)24-8-14(22)20-21-15(23)19-9-4-2-1-3-5-9/h6-7,9H,1-5,8H2,(H,20,22)(H2,19,21,23). The second-order valence-corrected chi connectivity index (χ2v) is 6.69. The number of ether oxygens (including phenoxy) is 1. The van der Waals surface area contributed by atoms with Gasteiger partial charge in [-0.25, -0.2) is 10.2 Å². The van der Waals surface area contributed by atoms with E-state index in [0.717, 1.165) is 25.7 Å². The summed E-state index contributed by atoms with van der Waals surface area (Å²) in [7, 11) is 0. The zero-order valence-electron chi connectivity index (χ0n) is 12.8.